The summed E-state index contributed by atoms with van der Waals surface area (Å²) in [6.07, 6.45) is -2.51. The van der Waals surface area contributed by atoms with E-state index in [0.717, 1.165) is 0 Å². The van der Waals surface area contributed by atoms with Gasteiger partial charge in [-0.15, -0.1) is 0 Å². The molecule has 110 valence electrons. The van der Waals surface area contributed by atoms with E-state index >= 15 is 0 Å². The first-order chi connectivity index (χ1) is 9.52. The van der Waals surface area contributed by atoms with E-state index in [9.17, 15) is 10.2 Å². The van der Waals surface area contributed by atoms with E-state index in [1.54, 1.807) is 4.57 Å². The van der Waals surface area contributed by atoms with Gasteiger partial charge in [0.1, 0.15) is 29.8 Å². The Morgan fingerprint density at radius 1 is 1.45 bits per heavy atom. The molecule has 0 spiro atoms. The second kappa shape index (κ2) is 4.70. The zero-order valence-corrected chi connectivity index (χ0v) is 10.8. The fourth-order valence-corrected chi connectivity index (χ4v) is 2.54. The van der Waals surface area contributed by atoms with Gasteiger partial charge >= 0.3 is 0 Å². The molecule has 9 heteroatoms. The molecule has 1 unspecified atom stereocenters. The summed E-state index contributed by atoms with van der Waals surface area (Å²) in [7, 11) is 0. The summed E-state index contributed by atoms with van der Waals surface area (Å²) in [4.78, 5) is 8.37. The van der Waals surface area contributed by atoms with Crippen LogP contribution in [0.2, 0.25) is 0 Å². The summed E-state index contributed by atoms with van der Waals surface area (Å²) in [5, 5.41) is 31.8. The Balaban J connectivity index is 1.94. The minimum absolute atomic E-state index is 0.204. The number of nitrogens with zero attached hydrogens (tertiary/aromatic N) is 3. The number of aliphatic imine (C=N–C) groups is 1. The Kier molecular flexibility index (Phi) is 3.13. The number of imidazole rings is 1. The number of guanidine groups is 1. The number of anilines is 1. The molecule has 0 aliphatic carbocycles. The van der Waals surface area contributed by atoms with E-state index < -0.39 is 24.5 Å². The molecule has 1 aromatic heterocycles. The first-order valence-corrected chi connectivity index (χ1v) is 6.32. The maximum absolute atomic E-state index is 10.0. The van der Waals surface area contributed by atoms with Gasteiger partial charge in [0.2, 0.25) is 0 Å². The largest absolute Gasteiger partial charge is 0.394 e. The summed E-state index contributed by atoms with van der Waals surface area (Å²) in [6.45, 7) is 1.47. The van der Waals surface area contributed by atoms with Crippen molar-refractivity contribution >= 4 is 11.8 Å². The number of hydrogen-bond acceptors (Lipinski definition) is 8. The van der Waals surface area contributed by atoms with Crippen LogP contribution in [0.4, 0.5) is 5.82 Å². The van der Waals surface area contributed by atoms with Gasteiger partial charge in [0.25, 0.3) is 0 Å². The standard InChI is InChI=1S/C11H17N5O4/c1-4-6-9(15-11(12)14-4)16(3-13-6)10-8(19)7(18)5(2-17)20-10/h3-5,7-8,10,17-19H,2H2,1H3,(H3,12,14,15)/t4?,5-,7-,8-,10-/m1/s1. The van der Waals surface area contributed by atoms with E-state index in [2.05, 4.69) is 15.3 Å². The molecule has 5 atom stereocenters. The zero-order chi connectivity index (χ0) is 14.4. The van der Waals surface area contributed by atoms with Gasteiger partial charge in [0.05, 0.1) is 19.0 Å². The maximum Gasteiger partial charge on any atom is 0.194 e. The fraction of sp³-hybridized carbons (Fsp3) is 0.636. The summed E-state index contributed by atoms with van der Waals surface area (Å²) in [5.41, 5.74) is 6.36. The Morgan fingerprint density at radius 3 is 2.85 bits per heavy atom. The topological polar surface area (TPSA) is 138 Å². The monoisotopic (exact) mass is 283 g/mol. The lowest BCUT2D eigenvalue weighted by atomic mass is 10.1. The number of aliphatic hydroxyl groups excluding tert-OH is 3. The molecule has 1 aromatic rings. The summed E-state index contributed by atoms with van der Waals surface area (Å²) in [5.74, 6) is 0.818. The van der Waals surface area contributed by atoms with Gasteiger partial charge in [-0.25, -0.2) is 9.98 Å². The molecule has 6 N–H and O–H groups in total. The van der Waals surface area contributed by atoms with E-state index in [4.69, 9.17) is 15.6 Å². The third-order valence-corrected chi connectivity index (χ3v) is 3.59. The molecule has 0 saturated carbocycles. The van der Waals surface area contributed by atoms with Crippen molar-refractivity contribution in [1.82, 2.24) is 9.55 Å². The maximum atomic E-state index is 10.0. The number of rotatable bonds is 2. The number of hydrogen-bond donors (Lipinski definition) is 5. The van der Waals surface area contributed by atoms with Crippen molar-refractivity contribution in [3.63, 3.8) is 0 Å². The van der Waals surface area contributed by atoms with Gasteiger partial charge < -0.3 is 31.1 Å². The van der Waals surface area contributed by atoms with Gasteiger partial charge in [-0.05, 0) is 6.92 Å². The average Bonchev–Trinajstić information content (AvgIpc) is 2.93. The third-order valence-electron chi connectivity index (χ3n) is 3.59. The Labute approximate surface area is 114 Å². The quantitative estimate of drug-likeness (QED) is 0.436. The molecule has 3 heterocycles. The molecule has 0 bridgehead atoms. The van der Waals surface area contributed by atoms with Crippen LogP contribution in [0.15, 0.2) is 11.3 Å². The smallest absolute Gasteiger partial charge is 0.194 e. The molecule has 2 aliphatic heterocycles. The van der Waals surface area contributed by atoms with Gasteiger partial charge in [-0.1, -0.05) is 0 Å². The minimum Gasteiger partial charge on any atom is -0.394 e. The van der Waals surface area contributed by atoms with Crippen molar-refractivity contribution in [2.24, 2.45) is 10.7 Å². The van der Waals surface area contributed by atoms with Crippen molar-refractivity contribution in [2.45, 2.75) is 37.5 Å². The lowest BCUT2D eigenvalue weighted by molar-refractivity contribution is -0.0518. The summed E-state index contributed by atoms with van der Waals surface area (Å²) >= 11 is 0. The van der Waals surface area contributed by atoms with Crippen molar-refractivity contribution in [3.8, 4) is 0 Å². The normalized spacial score (nSPS) is 36.4. The molecule has 20 heavy (non-hydrogen) atoms. The highest BCUT2D eigenvalue weighted by Gasteiger charge is 2.44. The fourth-order valence-electron chi connectivity index (χ4n) is 2.54. The predicted octanol–water partition coefficient (Wildman–Crippen LogP) is -1.70. The minimum atomic E-state index is -1.16. The van der Waals surface area contributed by atoms with E-state index in [-0.39, 0.29) is 18.6 Å². The Morgan fingerprint density at radius 2 is 2.20 bits per heavy atom. The first-order valence-electron chi connectivity index (χ1n) is 6.32. The van der Waals surface area contributed by atoms with Crippen LogP contribution in [0, 0.1) is 0 Å². The summed E-state index contributed by atoms with van der Waals surface area (Å²) < 4.78 is 7.02. The van der Waals surface area contributed by atoms with Crippen molar-refractivity contribution in [3.05, 3.63) is 12.0 Å². The number of aliphatic hydroxyl groups is 3. The zero-order valence-electron chi connectivity index (χ0n) is 10.8. The molecule has 0 radical (unpaired) electrons. The van der Waals surface area contributed by atoms with Crippen LogP contribution in [0.5, 0.6) is 0 Å². The van der Waals surface area contributed by atoms with Gasteiger partial charge in [-0.2, -0.15) is 0 Å². The van der Waals surface area contributed by atoms with Crippen LogP contribution in [0.1, 0.15) is 24.9 Å². The lowest BCUT2D eigenvalue weighted by Crippen LogP contribution is -2.34. The van der Waals surface area contributed by atoms with Crippen LogP contribution < -0.4 is 11.1 Å². The van der Waals surface area contributed by atoms with Gasteiger partial charge in [0.15, 0.2) is 12.2 Å². The number of nitrogens with one attached hydrogen (secondary N) is 1. The number of fused-ring (bicyclic) bond motifs is 1. The van der Waals surface area contributed by atoms with E-state index in [1.807, 2.05) is 6.92 Å². The van der Waals surface area contributed by atoms with Crippen LogP contribution in [0.3, 0.4) is 0 Å². The average molecular weight is 283 g/mol. The van der Waals surface area contributed by atoms with Crippen molar-refractivity contribution in [1.29, 1.82) is 0 Å². The van der Waals surface area contributed by atoms with E-state index in [0.29, 0.717) is 11.5 Å². The van der Waals surface area contributed by atoms with Crippen LogP contribution in [0.25, 0.3) is 0 Å². The molecule has 2 aliphatic rings. The molecule has 0 amide bonds. The Hall–Kier alpha value is -1.68. The number of aromatic nitrogens is 2. The van der Waals surface area contributed by atoms with Crippen LogP contribution in [-0.4, -0.2) is 55.7 Å². The third kappa shape index (κ3) is 1.86. The second-order valence-electron chi connectivity index (χ2n) is 4.93. The molecule has 1 fully saturated rings. The molecular formula is C11H17N5O4. The van der Waals surface area contributed by atoms with Crippen LogP contribution in [-0.2, 0) is 4.74 Å². The Bertz CT molecular complexity index is 545. The predicted molar refractivity (Wildman–Crippen MR) is 68.9 cm³/mol. The second-order valence-corrected chi connectivity index (χ2v) is 4.93. The van der Waals surface area contributed by atoms with E-state index in [1.165, 1.54) is 6.33 Å². The molecular weight excluding hydrogens is 266 g/mol. The van der Waals surface area contributed by atoms with Gasteiger partial charge in [-0.3, -0.25) is 4.57 Å². The molecule has 3 rings (SSSR count). The highest BCUT2D eigenvalue weighted by molar-refractivity contribution is 5.93. The number of nitrogens with two attached hydrogens (primary N) is 1. The first kappa shape index (κ1) is 13.3. The van der Waals surface area contributed by atoms with Gasteiger partial charge in [0, 0.05) is 0 Å². The molecule has 9 nitrogen and oxygen atoms in total. The van der Waals surface area contributed by atoms with Crippen molar-refractivity contribution < 1.29 is 20.1 Å². The highest BCUT2D eigenvalue weighted by atomic mass is 16.6. The number of ether oxygens (including phenoxy) is 1. The lowest BCUT2D eigenvalue weighted by Gasteiger charge is -2.22. The SMILES string of the molecule is CC1N=C(N)Nc2c1ncn2[C@@H]1O[C@H](CO)[C@@H](O)[C@H]1O. The molecule has 0 aromatic carbocycles. The highest BCUT2D eigenvalue weighted by Crippen LogP contribution is 2.35. The molecule has 1 saturated heterocycles. The van der Waals surface area contributed by atoms with Crippen molar-refractivity contribution in [2.75, 3.05) is 11.9 Å². The van der Waals surface area contributed by atoms with Crippen LogP contribution >= 0.6 is 0 Å². The summed E-state index contributed by atoms with van der Waals surface area (Å²) in [6, 6.07) is -0.204.